The lowest BCUT2D eigenvalue weighted by atomic mass is 10.1. The molecule has 4 aromatic rings. The third-order valence-electron chi connectivity index (χ3n) is 4.55. The fourth-order valence-corrected chi connectivity index (χ4v) is 3.28. The first-order chi connectivity index (χ1) is 15.0. The molecule has 0 bridgehead atoms. The molecule has 1 atom stereocenters. The van der Waals surface area contributed by atoms with Crippen LogP contribution in [0.2, 0.25) is 5.02 Å². The Labute approximate surface area is 182 Å². The van der Waals surface area contributed by atoms with Crippen molar-refractivity contribution in [2.24, 2.45) is 0 Å². The zero-order valence-electron chi connectivity index (χ0n) is 16.6. The van der Waals surface area contributed by atoms with E-state index in [1.807, 2.05) is 29.8 Å². The largest absolute Gasteiger partial charge is 0.359 e. The maximum Gasteiger partial charge on any atom is 0.273 e. The van der Waals surface area contributed by atoms with Gasteiger partial charge in [-0.2, -0.15) is 10.4 Å². The van der Waals surface area contributed by atoms with Crippen LogP contribution in [0.15, 0.2) is 59.8 Å². The highest BCUT2D eigenvalue weighted by atomic mass is 35.5. The van der Waals surface area contributed by atoms with Gasteiger partial charge in [0, 0.05) is 36.3 Å². The van der Waals surface area contributed by atoms with Crippen LogP contribution in [-0.4, -0.2) is 36.4 Å². The van der Waals surface area contributed by atoms with Crippen LogP contribution >= 0.6 is 11.6 Å². The SMILES string of the molecule is CC(Cn1ccc(-c2ccc(C#N)c(Cl)c2)n1)NC(=O)c1cc(Cn2ccnc2)on1. The average Bonchev–Trinajstić information content (AvgIpc) is 3.50. The number of imidazole rings is 1. The molecule has 0 radical (unpaired) electrons. The van der Waals surface area contributed by atoms with Crippen LogP contribution < -0.4 is 5.32 Å². The van der Waals surface area contributed by atoms with Crippen molar-refractivity contribution < 1.29 is 9.32 Å². The number of nitrogens with zero attached hydrogens (tertiary/aromatic N) is 6. The number of benzene rings is 1. The molecule has 0 saturated carbocycles. The second kappa shape index (κ2) is 8.85. The van der Waals surface area contributed by atoms with Crippen LogP contribution in [0.3, 0.4) is 0 Å². The van der Waals surface area contributed by atoms with Gasteiger partial charge < -0.3 is 14.4 Å². The molecule has 10 heteroatoms. The van der Waals surface area contributed by atoms with Gasteiger partial charge in [-0.25, -0.2) is 4.98 Å². The molecule has 9 nitrogen and oxygen atoms in total. The van der Waals surface area contributed by atoms with E-state index in [-0.39, 0.29) is 17.6 Å². The molecule has 0 fully saturated rings. The Morgan fingerprint density at radius 1 is 1.32 bits per heavy atom. The summed E-state index contributed by atoms with van der Waals surface area (Å²) in [4.78, 5) is 16.4. The Morgan fingerprint density at radius 2 is 2.19 bits per heavy atom. The lowest BCUT2D eigenvalue weighted by Crippen LogP contribution is -2.36. The predicted molar refractivity (Wildman–Crippen MR) is 112 cm³/mol. The smallest absolute Gasteiger partial charge is 0.273 e. The minimum Gasteiger partial charge on any atom is -0.359 e. The summed E-state index contributed by atoms with van der Waals surface area (Å²) in [6.45, 7) is 2.80. The van der Waals surface area contributed by atoms with Crippen molar-refractivity contribution in [3.05, 3.63) is 77.3 Å². The van der Waals surface area contributed by atoms with Gasteiger partial charge >= 0.3 is 0 Å². The number of nitriles is 1. The summed E-state index contributed by atoms with van der Waals surface area (Å²) in [5, 5.41) is 20.6. The molecule has 0 aliphatic heterocycles. The average molecular weight is 436 g/mol. The number of carbonyl (C=O) groups excluding carboxylic acids is 1. The summed E-state index contributed by atoms with van der Waals surface area (Å²) >= 11 is 6.10. The quantitative estimate of drug-likeness (QED) is 0.477. The monoisotopic (exact) mass is 435 g/mol. The zero-order chi connectivity index (χ0) is 21.8. The molecule has 4 rings (SSSR count). The molecule has 3 heterocycles. The van der Waals surface area contributed by atoms with E-state index in [0.29, 0.717) is 29.4 Å². The number of rotatable bonds is 7. The van der Waals surface area contributed by atoms with E-state index >= 15 is 0 Å². The summed E-state index contributed by atoms with van der Waals surface area (Å²) in [6.07, 6.45) is 6.95. The van der Waals surface area contributed by atoms with Crippen LogP contribution in [0.25, 0.3) is 11.3 Å². The van der Waals surface area contributed by atoms with Crippen molar-refractivity contribution in [3.8, 4) is 17.3 Å². The summed E-state index contributed by atoms with van der Waals surface area (Å²) in [7, 11) is 0. The Morgan fingerprint density at radius 3 is 2.94 bits per heavy atom. The van der Waals surface area contributed by atoms with E-state index in [2.05, 4.69) is 20.6 Å². The fraction of sp³-hybridized carbons (Fsp3) is 0.190. The molecular weight excluding hydrogens is 418 g/mol. The highest BCUT2D eigenvalue weighted by Gasteiger charge is 2.16. The van der Waals surface area contributed by atoms with Gasteiger partial charge in [0.15, 0.2) is 11.5 Å². The number of aromatic nitrogens is 5. The van der Waals surface area contributed by atoms with Crippen molar-refractivity contribution >= 4 is 17.5 Å². The van der Waals surface area contributed by atoms with E-state index in [9.17, 15) is 4.79 Å². The molecule has 1 unspecified atom stereocenters. The first-order valence-corrected chi connectivity index (χ1v) is 9.85. The first-order valence-electron chi connectivity index (χ1n) is 9.47. The van der Waals surface area contributed by atoms with Gasteiger partial charge in [0.25, 0.3) is 5.91 Å². The van der Waals surface area contributed by atoms with Gasteiger partial charge in [-0.3, -0.25) is 9.48 Å². The van der Waals surface area contributed by atoms with Crippen LogP contribution in [0.1, 0.15) is 28.7 Å². The number of nitrogens with one attached hydrogen (secondary N) is 1. The highest BCUT2D eigenvalue weighted by molar-refractivity contribution is 6.32. The molecular formula is C21H18ClN7O2. The number of hydrogen-bond acceptors (Lipinski definition) is 6. The van der Waals surface area contributed by atoms with E-state index in [4.69, 9.17) is 21.4 Å². The minimum atomic E-state index is -0.320. The molecule has 1 amide bonds. The Balaban J connectivity index is 1.35. The van der Waals surface area contributed by atoms with Crippen molar-refractivity contribution in [3.63, 3.8) is 0 Å². The molecule has 1 N–H and O–H groups in total. The van der Waals surface area contributed by atoms with Crippen LogP contribution in [0, 0.1) is 11.3 Å². The predicted octanol–water partition coefficient (Wildman–Crippen LogP) is 3.13. The molecule has 0 aliphatic carbocycles. The third kappa shape index (κ3) is 4.82. The van der Waals surface area contributed by atoms with Crippen LogP contribution in [0.5, 0.6) is 0 Å². The van der Waals surface area contributed by atoms with Crippen molar-refractivity contribution in [1.82, 2.24) is 29.8 Å². The molecule has 0 aliphatic rings. The molecule has 156 valence electrons. The highest BCUT2D eigenvalue weighted by Crippen LogP contribution is 2.24. The summed E-state index contributed by atoms with van der Waals surface area (Å²) in [5.41, 5.74) is 2.18. The van der Waals surface area contributed by atoms with E-state index in [1.54, 1.807) is 47.7 Å². The number of amides is 1. The number of hydrogen-bond donors (Lipinski definition) is 1. The lowest BCUT2D eigenvalue weighted by Gasteiger charge is -2.12. The lowest BCUT2D eigenvalue weighted by molar-refractivity contribution is 0.0926. The molecule has 3 aromatic heterocycles. The van der Waals surface area contributed by atoms with E-state index < -0.39 is 0 Å². The van der Waals surface area contributed by atoms with Gasteiger partial charge in [-0.05, 0) is 25.1 Å². The van der Waals surface area contributed by atoms with Crippen molar-refractivity contribution in [1.29, 1.82) is 5.26 Å². The third-order valence-corrected chi connectivity index (χ3v) is 4.87. The number of carbonyl (C=O) groups is 1. The second-order valence-electron chi connectivity index (χ2n) is 7.02. The molecule has 0 spiro atoms. The summed E-state index contributed by atoms with van der Waals surface area (Å²) in [6, 6.07) is 10.5. The van der Waals surface area contributed by atoms with Gasteiger partial charge in [0.05, 0.1) is 35.7 Å². The Bertz CT molecular complexity index is 1240. The van der Waals surface area contributed by atoms with Gasteiger partial charge in [-0.1, -0.05) is 22.8 Å². The van der Waals surface area contributed by atoms with Crippen molar-refractivity contribution in [2.75, 3.05) is 0 Å². The summed E-state index contributed by atoms with van der Waals surface area (Å²) in [5.74, 6) is 0.244. The maximum absolute atomic E-state index is 12.5. The van der Waals surface area contributed by atoms with Gasteiger partial charge in [0.1, 0.15) is 6.07 Å². The fourth-order valence-electron chi connectivity index (χ4n) is 3.06. The normalized spacial score (nSPS) is 11.8. The zero-order valence-corrected chi connectivity index (χ0v) is 17.3. The van der Waals surface area contributed by atoms with Crippen molar-refractivity contribution in [2.45, 2.75) is 26.1 Å². The maximum atomic E-state index is 12.5. The van der Waals surface area contributed by atoms with E-state index in [1.165, 1.54) is 0 Å². The van der Waals surface area contributed by atoms with Gasteiger partial charge in [0.2, 0.25) is 0 Å². The Kier molecular flexibility index (Phi) is 5.82. The summed E-state index contributed by atoms with van der Waals surface area (Å²) < 4.78 is 8.79. The van der Waals surface area contributed by atoms with Crippen LogP contribution in [-0.2, 0) is 13.1 Å². The minimum absolute atomic E-state index is 0.196. The molecule has 1 aromatic carbocycles. The van der Waals surface area contributed by atoms with Gasteiger partial charge in [-0.15, -0.1) is 0 Å². The number of halogens is 1. The molecule has 0 saturated heterocycles. The molecule has 31 heavy (non-hydrogen) atoms. The topological polar surface area (TPSA) is 115 Å². The first kappa shape index (κ1) is 20.4. The second-order valence-corrected chi connectivity index (χ2v) is 7.42. The standard InChI is InChI=1S/C21H18ClN7O2/c1-14(25-21(30)20-9-17(31-27-20)12-28-7-5-24-13-28)11-29-6-4-19(26-29)15-2-3-16(10-23)18(22)8-15/h2-9,13-14H,11-12H2,1H3,(H,25,30). The Hall–Kier alpha value is -3.90. The van der Waals surface area contributed by atoms with E-state index in [0.717, 1.165) is 11.3 Å². The van der Waals surface area contributed by atoms with Crippen LogP contribution in [0.4, 0.5) is 0 Å².